The van der Waals surface area contributed by atoms with E-state index in [0.717, 1.165) is 16.9 Å². The lowest BCUT2D eigenvalue weighted by Gasteiger charge is -2.37. The number of carbonyl (C=O) groups excluding carboxylic acids is 1. The van der Waals surface area contributed by atoms with E-state index in [1.165, 1.54) is 11.5 Å². The molecule has 1 aliphatic rings. The summed E-state index contributed by atoms with van der Waals surface area (Å²) < 4.78 is 5.71. The second kappa shape index (κ2) is 5.99. The average molecular weight is 360 g/mol. The smallest absolute Gasteiger partial charge is 0.256 e. The van der Waals surface area contributed by atoms with Crippen LogP contribution in [0.4, 0.5) is 0 Å². The summed E-state index contributed by atoms with van der Waals surface area (Å²) in [6, 6.07) is 5.71. The molecule has 1 fully saturated rings. The summed E-state index contributed by atoms with van der Waals surface area (Å²) in [5, 5.41) is 10.9. The Morgan fingerprint density at radius 1 is 1.38 bits per heavy atom. The zero-order valence-corrected chi connectivity index (χ0v) is 14.5. The van der Waals surface area contributed by atoms with Crippen LogP contribution in [0.5, 0.6) is 0 Å². The van der Waals surface area contributed by atoms with Gasteiger partial charge >= 0.3 is 0 Å². The van der Waals surface area contributed by atoms with Crippen LogP contribution in [-0.2, 0) is 0 Å². The Morgan fingerprint density at radius 2 is 2.21 bits per heavy atom. The molecule has 1 aromatic carbocycles. The first-order valence-corrected chi connectivity index (χ1v) is 8.71. The Labute approximate surface area is 147 Å². The summed E-state index contributed by atoms with van der Waals surface area (Å²) in [4.78, 5) is 14.0. The van der Waals surface area contributed by atoms with E-state index in [9.17, 15) is 4.79 Å². The fourth-order valence-electron chi connectivity index (χ4n) is 2.75. The Bertz CT molecular complexity index is 886. The monoisotopic (exact) mass is 359 g/mol. The molecule has 0 unspecified atom stereocenters. The molecular weight excluding hydrogens is 346 g/mol. The molecular formula is C16H14ClN5OS. The molecule has 8 heteroatoms. The van der Waals surface area contributed by atoms with Crippen molar-refractivity contribution >= 4 is 29.0 Å². The van der Waals surface area contributed by atoms with Gasteiger partial charge in [0.15, 0.2) is 0 Å². The molecule has 0 spiro atoms. The van der Waals surface area contributed by atoms with E-state index in [1.807, 2.05) is 31.3 Å². The number of rotatable bonds is 3. The van der Waals surface area contributed by atoms with Crippen LogP contribution in [-0.4, -0.2) is 43.3 Å². The first-order valence-electron chi connectivity index (χ1n) is 7.50. The normalized spacial score (nSPS) is 14.7. The van der Waals surface area contributed by atoms with Crippen LogP contribution in [0.2, 0.25) is 5.02 Å². The minimum absolute atomic E-state index is 0.0260. The zero-order valence-electron chi connectivity index (χ0n) is 12.9. The van der Waals surface area contributed by atoms with Gasteiger partial charge in [0.1, 0.15) is 0 Å². The second-order valence-corrected chi connectivity index (χ2v) is 6.86. The Balaban J connectivity index is 1.47. The number of aromatic nitrogens is 4. The molecule has 0 aliphatic carbocycles. The number of likely N-dealkylation sites (tertiary alicyclic amines) is 1. The summed E-state index contributed by atoms with van der Waals surface area (Å²) >= 11 is 7.45. The maximum Gasteiger partial charge on any atom is 0.256 e. The SMILES string of the molecule is Cc1c(Cl)cccc1-n1cc(C2CN(C(=O)c3cnsc3)C2)nn1. The van der Waals surface area contributed by atoms with Crippen molar-refractivity contribution in [3.05, 3.63) is 57.8 Å². The van der Waals surface area contributed by atoms with Crippen molar-refractivity contribution in [1.82, 2.24) is 24.3 Å². The summed E-state index contributed by atoms with van der Waals surface area (Å²) in [5.74, 6) is 0.242. The number of amides is 1. The van der Waals surface area contributed by atoms with Gasteiger partial charge < -0.3 is 4.90 Å². The van der Waals surface area contributed by atoms with Crippen molar-refractivity contribution in [3.63, 3.8) is 0 Å². The van der Waals surface area contributed by atoms with Crippen molar-refractivity contribution in [3.8, 4) is 5.69 Å². The fraction of sp³-hybridized carbons (Fsp3) is 0.250. The second-order valence-electron chi connectivity index (χ2n) is 5.79. The quantitative estimate of drug-likeness (QED) is 0.721. The molecule has 1 saturated heterocycles. The van der Waals surface area contributed by atoms with E-state index in [-0.39, 0.29) is 11.8 Å². The van der Waals surface area contributed by atoms with Crippen LogP contribution >= 0.6 is 23.1 Å². The third kappa shape index (κ3) is 2.59. The molecule has 4 rings (SSSR count). The van der Waals surface area contributed by atoms with Gasteiger partial charge in [-0.2, -0.15) is 0 Å². The molecule has 0 saturated carbocycles. The van der Waals surface area contributed by atoms with E-state index < -0.39 is 0 Å². The highest BCUT2D eigenvalue weighted by Crippen LogP contribution is 2.28. The number of carbonyl (C=O) groups is 1. The van der Waals surface area contributed by atoms with Gasteiger partial charge in [0.2, 0.25) is 0 Å². The van der Waals surface area contributed by atoms with Crippen LogP contribution in [0.15, 0.2) is 36.0 Å². The maximum atomic E-state index is 12.2. The molecule has 0 bridgehead atoms. The van der Waals surface area contributed by atoms with E-state index in [0.29, 0.717) is 23.7 Å². The standard InChI is InChI=1S/C16H14ClN5OS/c1-10-13(17)3-2-4-15(10)22-8-14(19-20-22)12-6-21(7-12)16(23)11-5-18-24-9-11/h2-5,8-9,12H,6-7H2,1H3. The van der Waals surface area contributed by atoms with Crippen molar-refractivity contribution < 1.29 is 4.79 Å². The lowest BCUT2D eigenvalue weighted by atomic mass is 9.96. The van der Waals surface area contributed by atoms with Gasteiger partial charge in [-0.05, 0) is 36.2 Å². The van der Waals surface area contributed by atoms with Gasteiger partial charge in [0, 0.05) is 29.4 Å². The predicted molar refractivity (Wildman–Crippen MR) is 91.9 cm³/mol. The molecule has 0 atom stereocenters. The number of benzene rings is 1. The summed E-state index contributed by atoms with van der Waals surface area (Å²) in [6.45, 7) is 3.27. The van der Waals surface area contributed by atoms with Gasteiger partial charge in [-0.25, -0.2) is 9.06 Å². The lowest BCUT2D eigenvalue weighted by Crippen LogP contribution is -2.48. The first-order chi connectivity index (χ1) is 11.6. The molecule has 24 heavy (non-hydrogen) atoms. The highest BCUT2D eigenvalue weighted by molar-refractivity contribution is 7.03. The predicted octanol–water partition coefficient (Wildman–Crippen LogP) is 2.93. The van der Waals surface area contributed by atoms with Crippen molar-refractivity contribution in [2.24, 2.45) is 0 Å². The van der Waals surface area contributed by atoms with Gasteiger partial charge in [0.25, 0.3) is 5.91 Å². The largest absolute Gasteiger partial charge is 0.337 e. The van der Waals surface area contributed by atoms with Gasteiger partial charge in [0.05, 0.1) is 29.3 Å². The summed E-state index contributed by atoms with van der Waals surface area (Å²) in [6.07, 6.45) is 3.52. The van der Waals surface area contributed by atoms with Crippen molar-refractivity contribution in [2.75, 3.05) is 13.1 Å². The van der Waals surface area contributed by atoms with E-state index >= 15 is 0 Å². The number of halogens is 1. The minimum atomic E-state index is 0.0260. The minimum Gasteiger partial charge on any atom is -0.337 e. The number of nitrogens with zero attached hydrogens (tertiary/aromatic N) is 5. The highest BCUT2D eigenvalue weighted by Gasteiger charge is 2.34. The Hall–Kier alpha value is -2.25. The van der Waals surface area contributed by atoms with Crippen LogP contribution in [0.1, 0.15) is 27.5 Å². The van der Waals surface area contributed by atoms with Gasteiger partial charge in [-0.15, -0.1) is 5.10 Å². The summed E-state index contributed by atoms with van der Waals surface area (Å²) in [5.41, 5.74) is 3.42. The maximum absolute atomic E-state index is 12.2. The molecule has 0 radical (unpaired) electrons. The molecule has 1 amide bonds. The number of hydrogen-bond donors (Lipinski definition) is 0. The zero-order chi connectivity index (χ0) is 16.7. The Morgan fingerprint density at radius 3 is 2.96 bits per heavy atom. The average Bonchev–Trinajstić information content (AvgIpc) is 3.20. The van der Waals surface area contributed by atoms with Crippen LogP contribution in [0.3, 0.4) is 0 Å². The van der Waals surface area contributed by atoms with E-state index in [2.05, 4.69) is 14.7 Å². The molecule has 6 nitrogen and oxygen atoms in total. The van der Waals surface area contributed by atoms with Crippen LogP contribution in [0.25, 0.3) is 5.69 Å². The van der Waals surface area contributed by atoms with Crippen LogP contribution in [0, 0.1) is 6.92 Å². The van der Waals surface area contributed by atoms with E-state index in [1.54, 1.807) is 21.2 Å². The third-order valence-electron chi connectivity index (χ3n) is 4.26. The number of hydrogen-bond acceptors (Lipinski definition) is 5. The third-order valence-corrected chi connectivity index (χ3v) is 5.26. The lowest BCUT2D eigenvalue weighted by molar-refractivity contribution is 0.0599. The molecule has 0 N–H and O–H groups in total. The molecule has 3 heterocycles. The molecule has 1 aliphatic heterocycles. The van der Waals surface area contributed by atoms with Gasteiger partial charge in [-0.1, -0.05) is 22.9 Å². The molecule has 2 aromatic heterocycles. The summed E-state index contributed by atoms with van der Waals surface area (Å²) in [7, 11) is 0. The van der Waals surface area contributed by atoms with Crippen LogP contribution < -0.4 is 0 Å². The first kappa shape index (κ1) is 15.3. The fourth-order valence-corrected chi connectivity index (χ4v) is 3.43. The van der Waals surface area contributed by atoms with Crippen molar-refractivity contribution in [1.29, 1.82) is 0 Å². The molecule has 122 valence electrons. The van der Waals surface area contributed by atoms with E-state index in [4.69, 9.17) is 11.6 Å². The van der Waals surface area contributed by atoms with Crippen molar-refractivity contribution in [2.45, 2.75) is 12.8 Å². The Kier molecular flexibility index (Phi) is 3.82. The molecule has 3 aromatic rings. The van der Waals surface area contributed by atoms with Gasteiger partial charge in [-0.3, -0.25) is 4.79 Å². The highest BCUT2D eigenvalue weighted by atomic mass is 35.5. The topological polar surface area (TPSA) is 63.9 Å².